The summed E-state index contributed by atoms with van der Waals surface area (Å²) in [4.78, 5) is 24.0. The Morgan fingerprint density at radius 1 is 1.57 bits per heavy atom. The zero-order chi connectivity index (χ0) is 10.6. The molecule has 1 rings (SSSR count). The van der Waals surface area contributed by atoms with Gasteiger partial charge in [-0.25, -0.2) is 9.59 Å². The SMILES string of the molecule is COc1ccc(C(=O)O)c(N=C=O)c1. The monoisotopic (exact) mass is 193 g/mol. The van der Waals surface area contributed by atoms with Crippen molar-refractivity contribution >= 4 is 17.7 Å². The van der Waals surface area contributed by atoms with E-state index in [1.807, 2.05) is 0 Å². The Kier molecular flexibility index (Phi) is 2.99. The standard InChI is InChI=1S/C9H7NO4/c1-14-6-2-3-7(9(12)13)8(4-6)10-5-11/h2-4H,1H3,(H,12,13). The smallest absolute Gasteiger partial charge is 0.337 e. The predicted octanol–water partition coefficient (Wildman–Crippen LogP) is 1.36. The molecule has 5 heteroatoms. The molecule has 0 heterocycles. The van der Waals surface area contributed by atoms with Crippen molar-refractivity contribution in [2.75, 3.05) is 7.11 Å². The summed E-state index contributed by atoms with van der Waals surface area (Å²) in [6.07, 6.45) is 1.29. The van der Waals surface area contributed by atoms with Gasteiger partial charge in [-0.05, 0) is 12.1 Å². The van der Waals surface area contributed by atoms with Crippen LogP contribution in [0.5, 0.6) is 5.75 Å². The molecule has 0 radical (unpaired) electrons. The molecule has 72 valence electrons. The van der Waals surface area contributed by atoms with Gasteiger partial charge in [-0.15, -0.1) is 0 Å². The summed E-state index contributed by atoms with van der Waals surface area (Å²) < 4.78 is 4.85. The Morgan fingerprint density at radius 3 is 2.79 bits per heavy atom. The van der Waals surface area contributed by atoms with Crippen LogP contribution in [0.3, 0.4) is 0 Å². The van der Waals surface area contributed by atoms with Gasteiger partial charge in [0.05, 0.1) is 18.4 Å². The van der Waals surface area contributed by atoms with Gasteiger partial charge in [0.2, 0.25) is 6.08 Å². The highest BCUT2D eigenvalue weighted by molar-refractivity contribution is 5.94. The first kappa shape index (κ1) is 9.95. The summed E-state index contributed by atoms with van der Waals surface area (Å²) in [6.45, 7) is 0. The molecule has 5 nitrogen and oxygen atoms in total. The molecule has 0 saturated carbocycles. The second kappa shape index (κ2) is 4.20. The van der Waals surface area contributed by atoms with Crippen molar-refractivity contribution in [2.24, 2.45) is 4.99 Å². The predicted molar refractivity (Wildman–Crippen MR) is 47.7 cm³/mol. The molecule has 1 aromatic rings. The summed E-state index contributed by atoms with van der Waals surface area (Å²) in [6, 6.07) is 4.15. The number of carbonyl (C=O) groups excluding carboxylic acids is 1. The first-order valence-corrected chi connectivity index (χ1v) is 3.68. The lowest BCUT2D eigenvalue weighted by atomic mass is 10.2. The van der Waals surface area contributed by atoms with Gasteiger partial charge >= 0.3 is 5.97 Å². The molecule has 0 bridgehead atoms. The maximum Gasteiger partial charge on any atom is 0.337 e. The van der Waals surface area contributed by atoms with Crippen LogP contribution in [0.25, 0.3) is 0 Å². The molecule has 0 saturated heterocycles. The maximum absolute atomic E-state index is 10.7. The number of carboxylic acid groups (broad SMARTS) is 1. The van der Waals surface area contributed by atoms with Crippen LogP contribution in [0, 0.1) is 0 Å². The van der Waals surface area contributed by atoms with Gasteiger partial charge in [-0.1, -0.05) is 0 Å². The van der Waals surface area contributed by atoms with Crippen LogP contribution >= 0.6 is 0 Å². The zero-order valence-electron chi connectivity index (χ0n) is 7.35. The van der Waals surface area contributed by atoms with Crippen molar-refractivity contribution in [3.63, 3.8) is 0 Å². The number of methoxy groups -OCH3 is 1. The number of nitrogens with zero attached hydrogens (tertiary/aromatic N) is 1. The molecule has 14 heavy (non-hydrogen) atoms. The number of isocyanates is 1. The Balaban J connectivity index is 3.30. The van der Waals surface area contributed by atoms with E-state index in [0.29, 0.717) is 5.75 Å². The first-order chi connectivity index (χ1) is 6.69. The summed E-state index contributed by atoms with van der Waals surface area (Å²) in [5, 5.41) is 8.73. The van der Waals surface area contributed by atoms with Gasteiger partial charge in [0.1, 0.15) is 5.75 Å². The van der Waals surface area contributed by atoms with E-state index in [4.69, 9.17) is 9.84 Å². The van der Waals surface area contributed by atoms with Gasteiger partial charge in [0, 0.05) is 6.07 Å². The average Bonchev–Trinajstić information content (AvgIpc) is 2.17. The van der Waals surface area contributed by atoms with Gasteiger partial charge in [-0.3, -0.25) is 0 Å². The largest absolute Gasteiger partial charge is 0.497 e. The number of hydrogen-bond donors (Lipinski definition) is 1. The highest BCUT2D eigenvalue weighted by Crippen LogP contribution is 2.24. The molecule has 0 aliphatic rings. The molecule has 0 amide bonds. The first-order valence-electron chi connectivity index (χ1n) is 3.68. The number of carboxylic acids is 1. The molecular formula is C9H7NO4. The lowest BCUT2D eigenvalue weighted by Crippen LogP contribution is -1.96. The van der Waals surface area contributed by atoms with Crippen LogP contribution in [0.2, 0.25) is 0 Å². The third-order valence-electron chi connectivity index (χ3n) is 1.60. The van der Waals surface area contributed by atoms with E-state index in [2.05, 4.69) is 4.99 Å². The van der Waals surface area contributed by atoms with Crippen molar-refractivity contribution < 1.29 is 19.4 Å². The zero-order valence-corrected chi connectivity index (χ0v) is 7.35. The lowest BCUT2D eigenvalue weighted by molar-refractivity contribution is 0.0698. The number of aromatic carboxylic acids is 1. The third kappa shape index (κ3) is 1.97. The van der Waals surface area contributed by atoms with E-state index in [1.165, 1.54) is 31.4 Å². The Hall–Kier alpha value is -2.13. The van der Waals surface area contributed by atoms with Crippen molar-refractivity contribution in [1.82, 2.24) is 0 Å². The molecular weight excluding hydrogens is 186 g/mol. The number of hydrogen-bond acceptors (Lipinski definition) is 4. The number of rotatable bonds is 3. The van der Waals surface area contributed by atoms with Gasteiger partial charge in [0.25, 0.3) is 0 Å². The van der Waals surface area contributed by atoms with E-state index in [0.717, 1.165) is 0 Å². The van der Waals surface area contributed by atoms with Crippen LogP contribution in [-0.2, 0) is 4.79 Å². The maximum atomic E-state index is 10.7. The minimum Gasteiger partial charge on any atom is -0.497 e. The Labute approximate surface area is 79.7 Å². The number of carbonyl (C=O) groups is 1. The molecule has 0 atom stereocenters. The van der Waals surface area contributed by atoms with E-state index in [9.17, 15) is 9.59 Å². The quantitative estimate of drug-likeness (QED) is 0.580. The van der Waals surface area contributed by atoms with Gasteiger partial charge < -0.3 is 9.84 Å². The number of aliphatic imine (C=N–C) groups is 1. The molecule has 0 aromatic heterocycles. The fourth-order valence-corrected chi connectivity index (χ4v) is 0.961. The van der Waals surface area contributed by atoms with Crippen LogP contribution in [0.4, 0.5) is 5.69 Å². The van der Waals surface area contributed by atoms with Crippen molar-refractivity contribution in [3.8, 4) is 5.75 Å². The van der Waals surface area contributed by atoms with Crippen molar-refractivity contribution in [3.05, 3.63) is 23.8 Å². The summed E-state index contributed by atoms with van der Waals surface area (Å²) in [5.41, 5.74) is -0.0269. The van der Waals surface area contributed by atoms with Crippen LogP contribution in [0.15, 0.2) is 23.2 Å². The molecule has 0 aliphatic carbocycles. The van der Waals surface area contributed by atoms with Crippen molar-refractivity contribution in [1.29, 1.82) is 0 Å². The molecule has 0 aliphatic heterocycles. The molecule has 0 fully saturated rings. The second-order valence-electron chi connectivity index (χ2n) is 2.39. The summed E-state index contributed by atoms with van der Waals surface area (Å²) >= 11 is 0. The minimum atomic E-state index is -1.15. The average molecular weight is 193 g/mol. The fourth-order valence-electron chi connectivity index (χ4n) is 0.961. The van der Waals surface area contributed by atoms with Crippen LogP contribution in [0.1, 0.15) is 10.4 Å². The number of benzene rings is 1. The molecule has 0 spiro atoms. The molecule has 1 N–H and O–H groups in total. The van der Waals surface area contributed by atoms with Gasteiger partial charge in [0.15, 0.2) is 0 Å². The molecule has 1 aromatic carbocycles. The van der Waals surface area contributed by atoms with E-state index < -0.39 is 5.97 Å². The second-order valence-corrected chi connectivity index (χ2v) is 2.39. The van der Waals surface area contributed by atoms with E-state index >= 15 is 0 Å². The normalized spacial score (nSPS) is 8.93. The Morgan fingerprint density at radius 2 is 2.29 bits per heavy atom. The summed E-state index contributed by atoms with van der Waals surface area (Å²) in [5.74, 6) is -0.717. The van der Waals surface area contributed by atoms with Crippen LogP contribution < -0.4 is 4.74 Å². The highest BCUT2D eigenvalue weighted by Gasteiger charge is 2.10. The lowest BCUT2D eigenvalue weighted by Gasteiger charge is -2.02. The van der Waals surface area contributed by atoms with E-state index in [-0.39, 0.29) is 11.3 Å². The topological polar surface area (TPSA) is 76.0 Å². The van der Waals surface area contributed by atoms with Crippen LogP contribution in [-0.4, -0.2) is 24.3 Å². The number of ether oxygens (including phenoxy) is 1. The van der Waals surface area contributed by atoms with Gasteiger partial charge in [-0.2, -0.15) is 4.99 Å². The van der Waals surface area contributed by atoms with E-state index in [1.54, 1.807) is 0 Å². The Bertz CT molecular complexity index is 407. The minimum absolute atomic E-state index is 0.0341. The van der Waals surface area contributed by atoms with Crippen molar-refractivity contribution in [2.45, 2.75) is 0 Å². The molecule has 0 unspecified atom stereocenters. The third-order valence-corrected chi connectivity index (χ3v) is 1.60. The highest BCUT2D eigenvalue weighted by atomic mass is 16.5. The fraction of sp³-hybridized carbons (Fsp3) is 0.111. The summed E-state index contributed by atoms with van der Waals surface area (Å²) in [7, 11) is 1.43.